The summed E-state index contributed by atoms with van der Waals surface area (Å²) in [7, 11) is 5.64. The summed E-state index contributed by atoms with van der Waals surface area (Å²) >= 11 is 5.97. The van der Waals surface area contributed by atoms with Gasteiger partial charge in [0.2, 0.25) is 5.91 Å². The van der Waals surface area contributed by atoms with Gasteiger partial charge in [0.15, 0.2) is 0 Å². The lowest BCUT2D eigenvalue weighted by atomic mass is 9.89. The van der Waals surface area contributed by atoms with Gasteiger partial charge in [0.25, 0.3) is 0 Å². The lowest BCUT2D eigenvalue weighted by molar-refractivity contribution is -0.148. The van der Waals surface area contributed by atoms with Gasteiger partial charge < -0.3 is 15.3 Å². The molecule has 1 aromatic rings. The number of carboxylic acids is 1. The third kappa shape index (κ3) is 4.14. The number of likely N-dealkylation sites (N-methyl/N-ethyl adjacent to an activating group) is 2. The minimum Gasteiger partial charge on any atom is -0.480 e. The first-order valence-corrected chi connectivity index (χ1v) is 8.69. The molecule has 1 aromatic carbocycles. The Morgan fingerprint density at radius 3 is 2.48 bits per heavy atom. The average Bonchev–Trinajstić information content (AvgIpc) is 2.81. The Labute approximate surface area is 153 Å². The number of nitrogens with one attached hydrogen (secondary N) is 1. The van der Waals surface area contributed by atoms with Gasteiger partial charge in [0.05, 0.1) is 5.92 Å². The molecule has 2 N–H and O–H groups in total. The largest absolute Gasteiger partial charge is 0.480 e. The van der Waals surface area contributed by atoms with Crippen molar-refractivity contribution in [3.63, 3.8) is 0 Å². The highest BCUT2D eigenvalue weighted by molar-refractivity contribution is 6.30. The third-order valence-corrected chi connectivity index (χ3v) is 5.31. The molecule has 0 radical (unpaired) electrons. The summed E-state index contributed by atoms with van der Waals surface area (Å²) in [6.45, 7) is 2.94. The molecule has 25 heavy (non-hydrogen) atoms. The van der Waals surface area contributed by atoms with Crippen LogP contribution in [0.4, 0.5) is 0 Å². The standard InChI is InChI=1S/C18H26ClN3O3/c1-18(17(24)25)11-14(16(23)20-9-10-21(2)3)15(22(18)4)12-5-7-13(19)8-6-12/h5-8,14-15H,9-11H2,1-4H3,(H,20,23)(H,24,25)/t14-,15-,18-/m1/s1. The molecule has 0 spiro atoms. The first-order valence-electron chi connectivity index (χ1n) is 8.31. The highest BCUT2D eigenvalue weighted by Gasteiger charge is 2.54. The van der Waals surface area contributed by atoms with Crippen molar-refractivity contribution in [3.8, 4) is 0 Å². The molecular weight excluding hydrogens is 342 g/mol. The van der Waals surface area contributed by atoms with Crippen LogP contribution in [0.1, 0.15) is 24.9 Å². The number of nitrogens with zero attached hydrogens (tertiary/aromatic N) is 2. The molecule has 7 heteroatoms. The molecule has 0 saturated carbocycles. The van der Waals surface area contributed by atoms with E-state index in [1.165, 1.54) is 0 Å². The predicted octanol–water partition coefficient (Wildman–Crippen LogP) is 1.85. The summed E-state index contributed by atoms with van der Waals surface area (Å²) < 4.78 is 0. The fraction of sp³-hybridized carbons (Fsp3) is 0.556. The summed E-state index contributed by atoms with van der Waals surface area (Å²) in [5.41, 5.74) is -0.196. The van der Waals surface area contributed by atoms with Crippen molar-refractivity contribution >= 4 is 23.5 Å². The second-order valence-corrected chi connectivity index (χ2v) is 7.53. The SMILES string of the molecule is CN(C)CCNC(=O)[C@@H]1C[C@](C)(C(=O)O)N(C)[C@@H]1c1ccc(Cl)cc1. The van der Waals surface area contributed by atoms with E-state index in [0.717, 1.165) is 12.1 Å². The molecule has 0 unspecified atom stereocenters. The molecule has 0 aliphatic carbocycles. The van der Waals surface area contributed by atoms with Crippen molar-refractivity contribution in [2.75, 3.05) is 34.2 Å². The zero-order valence-electron chi connectivity index (χ0n) is 15.1. The molecule has 3 atom stereocenters. The topological polar surface area (TPSA) is 72.9 Å². The summed E-state index contributed by atoms with van der Waals surface area (Å²) in [6, 6.07) is 6.94. The molecule has 6 nitrogen and oxygen atoms in total. The fourth-order valence-corrected chi connectivity index (χ4v) is 3.51. The van der Waals surface area contributed by atoms with E-state index in [1.807, 2.05) is 31.1 Å². The maximum absolute atomic E-state index is 12.8. The second-order valence-electron chi connectivity index (χ2n) is 7.09. The molecular formula is C18H26ClN3O3. The first-order chi connectivity index (χ1) is 11.7. The summed E-state index contributed by atoms with van der Waals surface area (Å²) in [6.07, 6.45) is 0.264. The zero-order chi connectivity index (χ0) is 18.8. The van der Waals surface area contributed by atoms with E-state index in [0.29, 0.717) is 11.6 Å². The lowest BCUT2D eigenvalue weighted by Crippen LogP contribution is -2.46. The van der Waals surface area contributed by atoms with Crippen LogP contribution in [-0.2, 0) is 9.59 Å². The number of aliphatic carboxylic acids is 1. The van der Waals surface area contributed by atoms with Crippen LogP contribution in [-0.4, -0.2) is 66.6 Å². The van der Waals surface area contributed by atoms with E-state index in [2.05, 4.69) is 5.32 Å². The van der Waals surface area contributed by atoms with Gasteiger partial charge in [-0.15, -0.1) is 0 Å². The molecule has 1 amide bonds. The monoisotopic (exact) mass is 367 g/mol. The van der Waals surface area contributed by atoms with Crippen LogP contribution in [0.15, 0.2) is 24.3 Å². The Kier molecular flexibility index (Phi) is 6.08. The van der Waals surface area contributed by atoms with Crippen LogP contribution in [0, 0.1) is 5.92 Å². The van der Waals surface area contributed by atoms with Crippen molar-refractivity contribution in [1.29, 1.82) is 0 Å². The number of halogens is 1. The van der Waals surface area contributed by atoms with Gasteiger partial charge in [-0.25, -0.2) is 0 Å². The van der Waals surface area contributed by atoms with Crippen LogP contribution >= 0.6 is 11.6 Å². The van der Waals surface area contributed by atoms with Gasteiger partial charge in [-0.3, -0.25) is 14.5 Å². The molecule has 0 aromatic heterocycles. The maximum Gasteiger partial charge on any atom is 0.323 e. The van der Waals surface area contributed by atoms with E-state index in [4.69, 9.17) is 11.6 Å². The molecule has 1 aliphatic heterocycles. The second kappa shape index (κ2) is 7.72. The first kappa shape index (κ1) is 19.7. The number of hydrogen-bond donors (Lipinski definition) is 2. The molecule has 0 bridgehead atoms. The Hall–Kier alpha value is -1.63. The number of amides is 1. The number of likely N-dealkylation sites (tertiary alicyclic amines) is 1. The van der Waals surface area contributed by atoms with Gasteiger partial charge in [-0.1, -0.05) is 23.7 Å². The predicted molar refractivity (Wildman–Crippen MR) is 97.7 cm³/mol. The smallest absolute Gasteiger partial charge is 0.323 e. The Bertz CT molecular complexity index is 635. The normalized spacial score (nSPS) is 26.8. The van der Waals surface area contributed by atoms with Crippen molar-refractivity contribution in [2.45, 2.75) is 24.9 Å². The number of hydrogen-bond acceptors (Lipinski definition) is 4. The van der Waals surface area contributed by atoms with Crippen molar-refractivity contribution in [2.24, 2.45) is 5.92 Å². The maximum atomic E-state index is 12.8. The molecule has 1 saturated heterocycles. The van der Waals surface area contributed by atoms with Crippen LogP contribution < -0.4 is 5.32 Å². The highest BCUT2D eigenvalue weighted by atomic mass is 35.5. The number of benzene rings is 1. The highest BCUT2D eigenvalue weighted by Crippen LogP contribution is 2.46. The van der Waals surface area contributed by atoms with Gasteiger partial charge in [0.1, 0.15) is 5.54 Å². The van der Waals surface area contributed by atoms with Crippen molar-refractivity contribution < 1.29 is 14.7 Å². The van der Waals surface area contributed by atoms with E-state index in [1.54, 1.807) is 31.0 Å². The number of carbonyl (C=O) groups excluding carboxylic acids is 1. The van der Waals surface area contributed by atoms with E-state index in [9.17, 15) is 14.7 Å². The summed E-state index contributed by atoms with van der Waals surface area (Å²) in [4.78, 5) is 28.4. The van der Waals surface area contributed by atoms with Crippen LogP contribution in [0.5, 0.6) is 0 Å². The number of carbonyl (C=O) groups is 2. The molecule has 138 valence electrons. The quantitative estimate of drug-likeness (QED) is 0.802. The summed E-state index contributed by atoms with van der Waals surface area (Å²) in [5.74, 6) is -1.47. The van der Waals surface area contributed by atoms with Gasteiger partial charge in [-0.05, 0) is 52.2 Å². The molecule has 2 rings (SSSR count). The minimum absolute atomic E-state index is 0.112. The van der Waals surface area contributed by atoms with Crippen molar-refractivity contribution in [1.82, 2.24) is 15.1 Å². The van der Waals surface area contributed by atoms with E-state index >= 15 is 0 Å². The van der Waals surface area contributed by atoms with Crippen LogP contribution in [0.25, 0.3) is 0 Å². The fourth-order valence-electron chi connectivity index (χ4n) is 3.38. The van der Waals surface area contributed by atoms with E-state index in [-0.39, 0.29) is 18.4 Å². The Morgan fingerprint density at radius 2 is 1.96 bits per heavy atom. The summed E-state index contributed by atoms with van der Waals surface area (Å²) in [5, 5.41) is 13.2. The zero-order valence-corrected chi connectivity index (χ0v) is 15.9. The number of carboxylic acid groups (broad SMARTS) is 1. The molecule has 1 fully saturated rings. The Balaban J connectivity index is 2.28. The Morgan fingerprint density at radius 1 is 1.36 bits per heavy atom. The third-order valence-electron chi connectivity index (χ3n) is 5.06. The van der Waals surface area contributed by atoms with E-state index < -0.39 is 17.4 Å². The van der Waals surface area contributed by atoms with Crippen LogP contribution in [0.2, 0.25) is 5.02 Å². The van der Waals surface area contributed by atoms with Crippen molar-refractivity contribution in [3.05, 3.63) is 34.9 Å². The van der Waals surface area contributed by atoms with Gasteiger partial charge in [-0.2, -0.15) is 0 Å². The van der Waals surface area contributed by atoms with Gasteiger partial charge in [0, 0.05) is 24.2 Å². The lowest BCUT2D eigenvalue weighted by Gasteiger charge is -2.32. The molecule has 1 aliphatic rings. The minimum atomic E-state index is -1.09. The molecule has 1 heterocycles. The average molecular weight is 368 g/mol. The number of rotatable bonds is 6. The van der Waals surface area contributed by atoms with Crippen LogP contribution in [0.3, 0.4) is 0 Å². The van der Waals surface area contributed by atoms with Gasteiger partial charge >= 0.3 is 5.97 Å².